The number of nitrogens with one attached hydrogen (secondary N) is 2. The van der Waals surface area contributed by atoms with Gasteiger partial charge in [-0.05, 0) is 43.4 Å². The Balaban J connectivity index is 1.88. The topological polar surface area (TPSA) is 62.0 Å². The van der Waals surface area contributed by atoms with Gasteiger partial charge in [-0.25, -0.2) is 4.39 Å². The Morgan fingerprint density at radius 1 is 1.29 bits per heavy atom. The van der Waals surface area contributed by atoms with Crippen molar-refractivity contribution >= 4 is 5.91 Å². The van der Waals surface area contributed by atoms with Crippen LogP contribution >= 0.6 is 0 Å². The highest BCUT2D eigenvalue weighted by atomic mass is 19.1. The lowest BCUT2D eigenvalue weighted by atomic mass is 9.91. The third kappa shape index (κ3) is 3.55. The van der Waals surface area contributed by atoms with E-state index in [2.05, 4.69) is 10.3 Å². The minimum absolute atomic E-state index is 0.0833. The minimum atomic E-state index is -0.419. The van der Waals surface area contributed by atoms with E-state index in [0.29, 0.717) is 5.69 Å². The Kier molecular flexibility index (Phi) is 4.79. The van der Waals surface area contributed by atoms with Crippen LogP contribution in [0.25, 0.3) is 0 Å². The van der Waals surface area contributed by atoms with Crippen LogP contribution in [0.4, 0.5) is 4.39 Å². The Morgan fingerprint density at radius 2 is 2.04 bits per heavy atom. The van der Waals surface area contributed by atoms with E-state index in [9.17, 15) is 14.0 Å². The van der Waals surface area contributed by atoms with Crippen molar-refractivity contribution in [3.05, 3.63) is 69.4 Å². The normalized spacial score (nSPS) is 16.1. The molecule has 126 valence electrons. The van der Waals surface area contributed by atoms with E-state index in [1.165, 1.54) is 24.4 Å². The molecule has 24 heavy (non-hydrogen) atoms. The maximum atomic E-state index is 13.6. The lowest BCUT2D eigenvalue weighted by molar-refractivity contribution is 0.0920. The number of pyridine rings is 1. The number of aromatic amines is 1. The monoisotopic (exact) mass is 328 g/mol. The summed E-state index contributed by atoms with van der Waals surface area (Å²) in [4.78, 5) is 27.5. The second kappa shape index (κ2) is 6.99. The van der Waals surface area contributed by atoms with E-state index in [4.69, 9.17) is 0 Å². The molecule has 1 atom stereocenters. The maximum Gasteiger partial charge on any atom is 0.257 e. The van der Waals surface area contributed by atoms with E-state index in [1.807, 2.05) is 6.07 Å². The highest BCUT2D eigenvalue weighted by Crippen LogP contribution is 2.36. The Bertz CT molecular complexity index is 794. The fourth-order valence-corrected chi connectivity index (χ4v) is 3.43. The molecule has 1 aliphatic carbocycles. The van der Waals surface area contributed by atoms with Crippen molar-refractivity contribution in [3.63, 3.8) is 0 Å². The average molecular weight is 328 g/mol. The lowest BCUT2D eigenvalue weighted by Crippen LogP contribution is -2.35. The molecule has 5 heteroatoms. The molecule has 1 aliphatic rings. The van der Waals surface area contributed by atoms with Gasteiger partial charge in [0, 0.05) is 18.0 Å². The molecule has 1 saturated carbocycles. The number of amides is 1. The first-order valence-corrected chi connectivity index (χ1v) is 8.30. The second-order valence-electron chi connectivity index (χ2n) is 6.44. The number of benzene rings is 1. The number of carbonyl (C=O) groups excluding carboxylic acids is 1. The SMILES string of the molecule is Cc1cc(=O)c(C(=O)N[C@@H](c2cccc(F)c2)C2CCCC2)c[nH]1. The number of halogens is 1. The molecule has 0 radical (unpaired) electrons. The van der Waals surface area contributed by atoms with Crippen LogP contribution in [-0.4, -0.2) is 10.9 Å². The van der Waals surface area contributed by atoms with Crippen molar-refractivity contribution in [2.45, 2.75) is 38.6 Å². The van der Waals surface area contributed by atoms with Crippen LogP contribution in [-0.2, 0) is 0 Å². The standard InChI is InChI=1S/C19H21FN2O2/c1-12-9-17(23)16(11-21-12)19(24)22-18(13-5-2-3-6-13)14-7-4-8-15(20)10-14/h4,7-11,13,18H,2-3,5-6H2,1H3,(H,21,23)(H,22,24)/t18-/m1/s1. The molecular formula is C19H21FN2O2. The molecule has 0 spiro atoms. The van der Waals surface area contributed by atoms with Gasteiger partial charge < -0.3 is 10.3 Å². The summed E-state index contributed by atoms with van der Waals surface area (Å²) in [7, 11) is 0. The van der Waals surface area contributed by atoms with E-state index in [1.54, 1.807) is 13.0 Å². The molecule has 0 aliphatic heterocycles. The molecule has 1 aromatic heterocycles. The zero-order chi connectivity index (χ0) is 17.1. The van der Waals surface area contributed by atoms with Crippen molar-refractivity contribution in [3.8, 4) is 0 Å². The molecule has 1 amide bonds. The van der Waals surface area contributed by atoms with Gasteiger partial charge >= 0.3 is 0 Å². The third-order valence-corrected chi connectivity index (χ3v) is 4.67. The van der Waals surface area contributed by atoms with Crippen LogP contribution < -0.4 is 10.7 Å². The number of H-pyrrole nitrogens is 1. The summed E-state index contributed by atoms with van der Waals surface area (Å²) in [6.45, 7) is 1.76. The molecule has 2 aromatic rings. The van der Waals surface area contributed by atoms with Crippen molar-refractivity contribution in [1.29, 1.82) is 0 Å². The molecule has 4 nitrogen and oxygen atoms in total. The fourth-order valence-electron chi connectivity index (χ4n) is 3.43. The van der Waals surface area contributed by atoms with Gasteiger partial charge in [0.15, 0.2) is 5.43 Å². The molecule has 1 aromatic carbocycles. The number of aryl methyl sites for hydroxylation is 1. The Labute approximate surface area is 140 Å². The van der Waals surface area contributed by atoms with Crippen LogP contribution in [0, 0.1) is 18.7 Å². The van der Waals surface area contributed by atoms with Gasteiger partial charge in [-0.2, -0.15) is 0 Å². The van der Waals surface area contributed by atoms with Crippen molar-refractivity contribution in [1.82, 2.24) is 10.3 Å². The van der Waals surface area contributed by atoms with Crippen LogP contribution in [0.15, 0.2) is 41.3 Å². The molecule has 2 N–H and O–H groups in total. The molecule has 3 rings (SSSR count). The van der Waals surface area contributed by atoms with E-state index in [0.717, 1.165) is 31.2 Å². The summed E-state index contributed by atoms with van der Waals surface area (Å²) in [6, 6.07) is 7.45. The number of hydrogen-bond donors (Lipinski definition) is 2. The average Bonchev–Trinajstić information content (AvgIpc) is 3.06. The summed E-state index contributed by atoms with van der Waals surface area (Å²) in [6.07, 6.45) is 5.64. The van der Waals surface area contributed by atoms with E-state index in [-0.39, 0.29) is 28.8 Å². The largest absolute Gasteiger partial charge is 0.364 e. The quantitative estimate of drug-likeness (QED) is 0.902. The minimum Gasteiger partial charge on any atom is -0.364 e. The molecular weight excluding hydrogens is 307 g/mol. The Hall–Kier alpha value is -2.43. The second-order valence-corrected chi connectivity index (χ2v) is 6.44. The summed E-state index contributed by atoms with van der Waals surface area (Å²) in [5.74, 6) is -0.476. The Morgan fingerprint density at radius 3 is 2.71 bits per heavy atom. The maximum absolute atomic E-state index is 13.6. The number of carbonyl (C=O) groups is 1. The predicted octanol–water partition coefficient (Wildman–Crippen LogP) is 3.48. The van der Waals surface area contributed by atoms with E-state index < -0.39 is 5.91 Å². The number of rotatable bonds is 4. The molecule has 0 unspecified atom stereocenters. The first-order chi connectivity index (χ1) is 11.5. The van der Waals surface area contributed by atoms with Gasteiger partial charge in [0.05, 0.1) is 6.04 Å². The van der Waals surface area contributed by atoms with Crippen molar-refractivity contribution in [2.24, 2.45) is 5.92 Å². The fraction of sp³-hybridized carbons (Fsp3) is 0.368. The first-order valence-electron chi connectivity index (χ1n) is 8.30. The van der Waals surface area contributed by atoms with Crippen LogP contribution in [0.2, 0.25) is 0 Å². The summed E-state index contributed by atoms with van der Waals surface area (Å²) < 4.78 is 13.6. The number of hydrogen-bond acceptors (Lipinski definition) is 2. The van der Waals surface area contributed by atoms with Gasteiger partial charge in [-0.15, -0.1) is 0 Å². The zero-order valence-corrected chi connectivity index (χ0v) is 13.6. The van der Waals surface area contributed by atoms with Crippen molar-refractivity contribution in [2.75, 3.05) is 0 Å². The molecule has 1 heterocycles. The lowest BCUT2D eigenvalue weighted by Gasteiger charge is -2.25. The van der Waals surface area contributed by atoms with Gasteiger partial charge in [-0.3, -0.25) is 9.59 Å². The van der Waals surface area contributed by atoms with Crippen LogP contribution in [0.3, 0.4) is 0 Å². The highest BCUT2D eigenvalue weighted by molar-refractivity contribution is 5.94. The van der Waals surface area contributed by atoms with Gasteiger partial charge in [0.2, 0.25) is 0 Å². The summed E-state index contributed by atoms with van der Waals surface area (Å²) in [5.41, 5.74) is 1.22. The van der Waals surface area contributed by atoms with Crippen LogP contribution in [0.5, 0.6) is 0 Å². The molecule has 1 fully saturated rings. The predicted molar refractivity (Wildman–Crippen MR) is 90.4 cm³/mol. The van der Waals surface area contributed by atoms with Gasteiger partial charge in [-0.1, -0.05) is 25.0 Å². The first kappa shape index (κ1) is 16.4. The zero-order valence-electron chi connectivity index (χ0n) is 13.6. The highest BCUT2D eigenvalue weighted by Gasteiger charge is 2.28. The smallest absolute Gasteiger partial charge is 0.257 e. The van der Waals surface area contributed by atoms with Gasteiger partial charge in [0.25, 0.3) is 5.91 Å². The van der Waals surface area contributed by atoms with Crippen LogP contribution in [0.1, 0.15) is 53.3 Å². The number of aromatic nitrogens is 1. The third-order valence-electron chi connectivity index (χ3n) is 4.67. The van der Waals surface area contributed by atoms with Gasteiger partial charge in [0.1, 0.15) is 11.4 Å². The summed E-state index contributed by atoms with van der Waals surface area (Å²) >= 11 is 0. The summed E-state index contributed by atoms with van der Waals surface area (Å²) in [5, 5.41) is 2.95. The van der Waals surface area contributed by atoms with Crippen molar-refractivity contribution < 1.29 is 9.18 Å². The molecule has 0 saturated heterocycles. The van der Waals surface area contributed by atoms with E-state index >= 15 is 0 Å². The molecule has 0 bridgehead atoms.